The minimum Gasteiger partial charge on any atom is -0.379 e. The zero-order chi connectivity index (χ0) is 20.6. The van der Waals surface area contributed by atoms with Gasteiger partial charge in [0.2, 0.25) is 0 Å². The molecule has 0 bridgehead atoms. The lowest BCUT2D eigenvalue weighted by Crippen LogP contribution is -2.37. The maximum absolute atomic E-state index is 5.98. The van der Waals surface area contributed by atoms with Crippen molar-refractivity contribution in [1.29, 1.82) is 0 Å². The first-order valence-electron chi connectivity index (χ1n) is 10.2. The average molecular weight is 444 g/mol. The number of hydrogen-bond acceptors (Lipinski definition) is 6. The fraction of sp³-hybridized carbons (Fsp3) is 0.364. The van der Waals surface area contributed by atoms with Crippen molar-refractivity contribution < 1.29 is 4.74 Å². The van der Waals surface area contributed by atoms with Gasteiger partial charge < -0.3 is 14.6 Å². The summed E-state index contributed by atoms with van der Waals surface area (Å²) in [6, 6.07) is 18.1. The molecule has 0 amide bonds. The predicted octanol–water partition coefficient (Wildman–Crippen LogP) is 4.02. The maximum atomic E-state index is 5.98. The highest BCUT2D eigenvalue weighted by atomic mass is 35.5. The molecule has 0 unspecified atom stereocenters. The van der Waals surface area contributed by atoms with Crippen molar-refractivity contribution in [3.05, 3.63) is 71.0 Å². The Bertz CT molecular complexity index is 913. The van der Waals surface area contributed by atoms with Gasteiger partial charge in [-0.05, 0) is 29.8 Å². The van der Waals surface area contributed by atoms with E-state index in [4.69, 9.17) is 16.3 Å². The molecule has 6 nitrogen and oxygen atoms in total. The van der Waals surface area contributed by atoms with Gasteiger partial charge in [-0.1, -0.05) is 53.7 Å². The molecule has 1 aliphatic rings. The van der Waals surface area contributed by atoms with Crippen molar-refractivity contribution in [3.63, 3.8) is 0 Å². The molecule has 2 heterocycles. The lowest BCUT2D eigenvalue weighted by Gasteiger charge is -2.26. The van der Waals surface area contributed by atoms with Crippen LogP contribution in [0.25, 0.3) is 0 Å². The van der Waals surface area contributed by atoms with E-state index in [1.807, 2.05) is 30.3 Å². The molecular formula is C22H26ClN5OS. The van der Waals surface area contributed by atoms with Crippen molar-refractivity contribution in [2.45, 2.75) is 18.2 Å². The normalized spacial score (nSPS) is 14.7. The summed E-state index contributed by atoms with van der Waals surface area (Å²) in [6.45, 7) is 6.06. The third-order valence-electron chi connectivity index (χ3n) is 5.01. The van der Waals surface area contributed by atoms with Gasteiger partial charge in [0.25, 0.3) is 0 Å². The number of hydrogen-bond donors (Lipinski definition) is 1. The number of benzene rings is 2. The van der Waals surface area contributed by atoms with Crippen molar-refractivity contribution in [1.82, 2.24) is 19.7 Å². The summed E-state index contributed by atoms with van der Waals surface area (Å²) in [7, 11) is 0. The summed E-state index contributed by atoms with van der Waals surface area (Å²) >= 11 is 7.75. The first-order chi connectivity index (χ1) is 14.8. The largest absolute Gasteiger partial charge is 0.379 e. The molecule has 0 spiro atoms. The molecule has 2 aromatic carbocycles. The van der Waals surface area contributed by atoms with Crippen molar-refractivity contribution in [3.8, 4) is 0 Å². The molecule has 4 rings (SSSR count). The number of nitrogens with one attached hydrogen (secondary N) is 1. The Hall–Kier alpha value is -2.06. The molecule has 8 heteroatoms. The second kappa shape index (κ2) is 10.8. The van der Waals surface area contributed by atoms with Crippen LogP contribution in [0.2, 0.25) is 5.02 Å². The van der Waals surface area contributed by atoms with Crippen LogP contribution in [0.4, 0.5) is 5.69 Å². The molecule has 3 aromatic rings. The lowest BCUT2D eigenvalue weighted by atomic mass is 10.2. The smallest absolute Gasteiger partial charge is 0.191 e. The zero-order valence-corrected chi connectivity index (χ0v) is 18.4. The Morgan fingerprint density at radius 2 is 1.77 bits per heavy atom. The molecule has 0 atom stereocenters. The van der Waals surface area contributed by atoms with Gasteiger partial charge in [0.05, 0.1) is 26.3 Å². The molecule has 0 radical (unpaired) electrons. The third-order valence-corrected chi connectivity index (χ3v) is 6.21. The number of aromatic nitrogens is 3. The van der Waals surface area contributed by atoms with E-state index in [1.54, 1.807) is 11.8 Å². The van der Waals surface area contributed by atoms with Crippen LogP contribution in [0.3, 0.4) is 0 Å². The Balaban J connectivity index is 1.43. The number of anilines is 1. The van der Waals surface area contributed by atoms with E-state index < -0.39 is 0 Å². The average Bonchev–Trinajstić information content (AvgIpc) is 3.16. The zero-order valence-electron chi connectivity index (χ0n) is 16.8. The first-order valence-corrected chi connectivity index (χ1v) is 11.5. The predicted molar refractivity (Wildman–Crippen MR) is 122 cm³/mol. The summed E-state index contributed by atoms with van der Waals surface area (Å²) < 4.78 is 7.64. The van der Waals surface area contributed by atoms with Gasteiger partial charge in [0.1, 0.15) is 0 Å². The number of rotatable bonds is 9. The summed E-state index contributed by atoms with van der Waals surface area (Å²) in [4.78, 5) is 2.44. The minimum absolute atomic E-state index is 0.603. The SMILES string of the molecule is Clc1ccc(NCc2nnc(SCCN3CCOCC3)n2Cc2ccccc2)cc1. The maximum Gasteiger partial charge on any atom is 0.191 e. The molecule has 1 aromatic heterocycles. The third kappa shape index (κ3) is 5.98. The topological polar surface area (TPSA) is 55.2 Å². The number of ether oxygens (including phenoxy) is 1. The van der Waals surface area contributed by atoms with Gasteiger partial charge in [-0.15, -0.1) is 10.2 Å². The van der Waals surface area contributed by atoms with Crippen LogP contribution in [-0.2, 0) is 17.8 Å². The number of nitrogens with zero attached hydrogens (tertiary/aromatic N) is 4. The molecule has 158 valence electrons. The Morgan fingerprint density at radius 3 is 2.53 bits per heavy atom. The number of halogens is 1. The second-order valence-electron chi connectivity index (χ2n) is 7.13. The minimum atomic E-state index is 0.603. The van der Waals surface area contributed by atoms with Crippen LogP contribution in [0.15, 0.2) is 59.8 Å². The molecule has 1 N–H and O–H groups in total. The summed E-state index contributed by atoms with van der Waals surface area (Å²) in [5.74, 6) is 1.90. The van der Waals surface area contributed by atoms with E-state index in [2.05, 4.69) is 49.2 Å². The van der Waals surface area contributed by atoms with Crippen LogP contribution in [-0.4, -0.2) is 58.3 Å². The highest BCUT2D eigenvalue weighted by molar-refractivity contribution is 7.99. The lowest BCUT2D eigenvalue weighted by molar-refractivity contribution is 0.0410. The second-order valence-corrected chi connectivity index (χ2v) is 8.63. The fourth-order valence-electron chi connectivity index (χ4n) is 3.32. The highest BCUT2D eigenvalue weighted by Crippen LogP contribution is 2.20. The van der Waals surface area contributed by atoms with Crippen LogP contribution >= 0.6 is 23.4 Å². The van der Waals surface area contributed by atoms with E-state index in [-0.39, 0.29) is 0 Å². The standard InChI is InChI=1S/C22H26ClN5OS/c23-19-6-8-20(9-7-19)24-16-21-25-26-22(28(21)17-18-4-2-1-3-5-18)30-15-12-27-10-13-29-14-11-27/h1-9,24H,10-17H2. The summed E-state index contributed by atoms with van der Waals surface area (Å²) in [5.41, 5.74) is 2.25. The number of morpholine rings is 1. The van der Waals surface area contributed by atoms with E-state index >= 15 is 0 Å². The quantitative estimate of drug-likeness (QED) is 0.504. The molecule has 0 aliphatic carbocycles. The van der Waals surface area contributed by atoms with Crippen molar-refractivity contribution in [2.24, 2.45) is 0 Å². The molecule has 1 saturated heterocycles. The molecular weight excluding hydrogens is 418 g/mol. The Kier molecular flexibility index (Phi) is 7.64. The van der Waals surface area contributed by atoms with E-state index in [0.29, 0.717) is 6.54 Å². The van der Waals surface area contributed by atoms with Crippen LogP contribution in [0, 0.1) is 0 Å². The van der Waals surface area contributed by atoms with Crippen molar-refractivity contribution >= 4 is 29.1 Å². The van der Waals surface area contributed by atoms with E-state index in [0.717, 1.165) is 66.8 Å². The Morgan fingerprint density at radius 1 is 1.00 bits per heavy atom. The van der Waals surface area contributed by atoms with Gasteiger partial charge in [-0.3, -0.25) is 4.90 Å². The van der Waals surface area contributed by atoms with Crippen molar-refractivity contribution in [2.75, 3.05) is 43.9 Å². The fourth-order valence-corrected chi connectivity index (χ4v) is 4.40. The first kappa shape index (κ1) is 21.2. The molecule has 1 aliphatic heterocycles. The Labute approximate surface area is 186 Å². The van der Waals surface area contributed by atoms with Gasteiger partial charge in [0, 0.05) is 36.1 Å². The highest BCUT2D eigenvalue weighted by Gasteiger charge is 2.15. The summed E-state index contributed by atoms with van der Waals surface area (Å²) in [5, 5.41) is 14.1. The van der Waals surface area contributed by atoms with Gasteiger partial charge in [-0.2, -0.15) is 0 Å². The monoisotopic (exact) mass is 443 g/mol. The van der Waals surface area contributed by atoms with Gasteiger partial charge in [-0.25, -0.2) is 0 Å². The van der Waals surface area contributed by atoms with Crippen LogP contribution in [0.1, 0.15) is 11.4 Å². The number of thioether (sulfide) groups is 1. The molecule has 30 heavy (non-hydrogen) atoms. The van der Waals surface area contributed by atoms with Gasteiger partial charge in [0.15, 0.2) is 11.0 Å². The van der Waals surface area contributed by atoms with Crippen LogP contribution < -0.4 is 5.32 Å². The van der Waals surface area contributed by atoms with E-state index in [1.165, 1.54) is 5.56 Å². The van der Waals surface area contributed by atoms with Crippen LogP contribution in [0.5, 0.6) is 0 Å². The molecule has 0 saturated carbocycles. The van der Waals surface area contributed by atoms with Gasteiger partial charge >= 0.3 is 0 Å². The van der Waals surface area contributed by atoms with E-state index in [9.17, 15) is 0 Å². The molecule has 1 fully saturated rings. The summed E-state index contributed by atoms with van der Waals surface area (Å²) in [6.07, 6.45) is 0.